The number of nitrogen functional groups attached to an aromatic ring is 1. The minimum atomic E-state index is -3.91. The highest BCUT2D eigenvalue weighted by atomic mass is 35.5. The van der Waals surface area contributed by atoms with Gasteiger partial charge in [0.15, 0.2) is 11.5 Å². The molecule has 9 nitrogen and oxygen atoms in total. The van der Waals surface area contributed by atoms with Gasteiger partial charge in [0, 0.05) is 6.07 Å². The largest absolute Gasteiger partial charge is 0.490 e. The third-order valence-electron chi connectivity index (χ3n) is 3.32. The van der Waals surface area contributed by atoms with E-state index in [2.05, 4.69) is 15.0 Å². The Hall–Kier alpha value is -2.56. The number of carbonyl (C=O) groups is 1. The first-order valence-electron chi connectivity index (χ1n) is 8.26. The van der Waals surface area contributed by atoms with Crippen LogP contribution >= 0.6 is 12.4 Å². The van der Waals surface area contributed by atoms with E-state index in [0.717, 1.165) is 0 Å². The zero-order valence-corrected chi connectivity index (χ0v) is 17.1. The molecular formula is C17H23ClN4O5S. The van der Waals surface area contributed by atoms with Gasteiger partial charge in [0.2, 0.25) is 15.9 Å². The molecule has 0 saturated carbocycles. The summed E-state index contributed by atoms with van der Waals surface area (Å²) < 4.78 is 38.0. The predicted octanol–water partition coefficient (Wildman–Crippen LogP) is 1.80. The number of nitrogens with one attached hydrogen (secondary N) is 2. The Kier molecular flexibility index (Phi) is 8.97. The summed E-state index contributed by atoms with van der Waals surface area (Å²) in [6, 6.07) is 7.35. The Morgan fingerprint density at radius 2 is 1.79 bits per heavy atom. The molecule has 0 unspecified atom stereocenters. The molecule has 0 atom stereocenters. The maximum Gasteiger partial charge on any atom is 0.241 e. The van der Waals surface area contributed by atoms with E-state index >= 15 is 0 Å². The highest BCUT2D eigenvalue weighted by molar-refractivity contribution is 7.89. The van der Waals surface area contributed by atoms with Crippen molar-refractivity contribution in [3.8, 4) is 11.5 Å². The van der Waals surface area contributed by atoms with Crippen LogP contribution in [0.2, 0.25) is 0 Å². The van der Waals surface area contributed by atoms with Crippen molar-refractivity contribution in [3.05, 3.63) is 36.5 Å². The van der Waals surface area contributed by atoms with Crippen molar-refractivity contribution in [2.75, 3.05) is 30.8 Å². The number of carbonyl (C=O) groups excluding carboxylic acids is 1. The fourth-order valence-corrected chi connectivity index (χ4v) is 3.12. The van der Waals surface area contributed by atoms with E-state index in [1.807, 2.05) is 6.92 Å². The number of rotatable bonds is 9. The smallest absolute Gasteiger partial charge is 0.241 e. The number of nitrogens with zero attached hydrogens (tertiary/aromatic N) is 1. The molecule has 0 aliphatic rings. The lowest BCUT2D eigenvalue weighted by Crippen LogP contribution is -2.33. The first-order chi connectivity index (χ1) is 12.9. The van der Waals surface area contributed by atoms with Crippen LogP contribution in [0.1, 0.15) is 13.8 Å². The normalized spacial score (nSPS) is 10.6. The molecule has 0 saturated heterocycles. The van der Waals surface area contributed by atoms with Crippen molar-refractivity contribution in [1.29, 1.82) is 0 Å². The molecule has 0 aliphatic heterocycles. The van der Waals surface area contributed by atoms with Crippen LogP contribution in [0.4, 0.5) is 11.5 Å². The van der Waals surface area contributed by atoms with Gasteiger partial charge in [-0.25, -0.2) is 18.1 Å². The molecule has 0 radical (unpaired) electrons. The maximum absolute atomic E-state index is 12.4. The average Bonchev–Trinajstić information content (AvgIpc) is 2.64. The van der Waals surface area contributed by atoms with Crippen molar-refractivity contribution in [2.45, 2.75) is 18.7 Å². The lowest BCUT2D eigenvalue weighted by atomic mass is 10.3. The molecular weight excluding hydrogens is 408 g/mol. The highest BCUT2D eigenvalue weighted by Crippen LogP contribution is 2.30. The van der Waals surface area contributed by atoms with E-state index in [9.17, 15) is 13.2 Å². The minimum Gasteiger partial charge on any atom is -0.490 e. The molecule has 1 aromatic carbocycles. The average molecular weight is 431 g/mol. The number of aromatic nitrogens is 1. The van der Waals surface area contributed by atoms with Crippen LogP contribution in [-0.2, 0) is 14.8 Å². The van der Waals surface area contributed by atoms with Gasteiger partial charge in [0.05, 0.1) is 36.5 Å². The van der Waals surface area contributed by atoms with Crippen molar-refractivity contribution in [1.82, 2.24) is 9.71 Å². The van der Waals surface area contributed by atoms with Gasteiger partial charge in [0.1, 0.15) is 5.82 Å². The van der Waals surface area contributed by atoms with Gasteiger partial charge < -0.3 is 20.5 Å². The quantitative estimate of drug-likeness (QED) is 0.552. The van der Waals surface area contributed by atoms with Gasteiger partial charge in [0.25, 0.3) is 0 Å². The molecule has 154 valence electrons. The fourth-order valence-electron chi connectivity index (χ4n) is 2.13. The molecule has 0 aliphatic carbocycles. The van der Waals surface area contributed by atoms with Crippen LogP contribution in [-0.4, -0.2) is 39.1 Å². The van der Waals surface area contributed by atoms with E-state index in [4.69, 9.17) is 15.2 Å². The fraction of sp³-hybridized carbons (Fsp3) is 0.294. The zero-order valence-electron chi connectivity index (χ0n) is 15.5. The summed E-state index contributed by atoms with van der Waals surface area (Å²) in [5.41, 5.74) is 5.88. The minimum absolute atomic E-state index is 0. The number of sulfonamides is 1. The number of benzene rings is 1. The van der Waals surface area contributed by atoms with E-state index in [0.29, 0.717) is 36.2 Å². The molecule has 1 heterocycles. The van der Waals surface area contributed by atoms with Crippen molar-refractivity contribution in [3.63, 3.8) is 0 Å². The molecule has 11 heteroatoms. The number of hydrogen-bond acceptors (Lipinski definition) is 7. The van der Waals surface area contributed by atoms with E-state index in [1.165, 1.54) is 30.5 Å². The zero-order chi connectivity index (χ0) is 19.9. The summed E-state index contributed by atoms with van der Waals surface area (Å²) in [6.45, 7) is 3.94. The molecule has 1 amide bonds. The van der Waals surface area contributed by atoms with Gasteiger partial charge in [-0.1, -0.05) is 0 Å². The van der Waals surface area contributed by atoms with Crippen molar-refractivity contribution >= 4 is 39.8 Å². The van der Waals surface area contributed by atoms with Crippen molar-refractivity contribution in [2.24, 2.45) is 0 Å². The second kappa shape index (κ2) is 10.7. The van der Waals surface area contributed by atoms with Crippen LogP contribution in [0.15, 0.2) is 41.4 Å². The van der Waals surface area contributed by atoms with Crippen LogP contribution in [0.25, 0.3) is 0 Å². The first-order valence-corrected chi connectivity index (χ1v) is 9.74. The summed E-state index contributed by atoms with van der Waals surface area (Å²) in [7, 11) is -3.91. The Balaban J connectivity index is 0.00000392. The summed E-state index contributed by atoms with van der Waals surface area (Å²) in [5, 5.41) is 2.52. The highest BCUT2D eigenvalue weighted by Gasteiger charge is 2.18. The van der Waals surface area contributed by atoms with Crippen LogP contribution in [0.5, 0.6) is 11.5 Å². The molecule has 2 aromatic rings. The summed E-state index contributed by atoms with van der Waals surface area (Å²) in [5.74, 6) is 0.543. The Morgan fingerprint density at radius 1 is 1.11 bits per heavy atom. The Bertz CT molecular complexity index is 891. The number of pyridine rings is 1. The van der Waals surface area contributed by atoms with E-state index < -0.39 is 22.5 Å². The third-order valence-corrected chi connectivity index (χ3v) is 4.72. The number of amides is 1. The van der Waals surface area contributed by atoms with Crippen molar-refractivity contribution < 1.29 is 22.7 Å². The summed E-state index contributed by atoms with van der Waals surface area (Å²) >= 11 is 0. The van der Waals surface area contributed by atoms with Gasteiger partial charge >= 0.3 is 0 Å². The number of anilines is 2. The Labute approximate surface area is 170 Å². The lowest BCUT2D eigenvalue weighted by molar-refractivity contribution is -0.115. The SMILES string of the molecule is CCOc1ccc(S(=O)(=O)NCC(=O)Nc2ccc(N)nc2)cc1OCC.Cl. The van der Waals surface area contributed by atoms with Crippen LogP contribution in [0, 0.1) is 0 Å². The molecule has 1 aromatic heterocycles. The second-order valence-corrected chi connectivity index (χ2v) is 7.09. The van der Waals surface area contributed by atoms with E-state index in [-0.39, 0.29) is 17.3 Å². The number of nitrogens with two attached hydrogens (primary N) is 1. The standard InChI is InChI=1S/C17H22N4O5S.ClH/c1-3-25-14-7-6-13(9-15(14)26-4-2)27(23,24)20-11-17(22)21-12-5-8-16(18)19-10-12;/h5-10,20H,3-4,11H2,1-2H3,(H2,18,19)(H,21,22);1H. The number of halogens is 1. The Morgan fingerprint density at radius 3 is 2.39 bits per heavy atom. The number of hydrogen-bond donors (Lipinski definition) is 3. The predicted molar refractivity (Wildman–Crippen MR) is 108 cm³/mol. The first kappa shape index (κ1) is 23.5. The summed E-state index contributed by atoms with van der Waals surface area (Å²) in [6.07, 6.45) is 1.38. The summed E-state index contributed by atoms with van der Waals surface area (Å²) in [4.78, 5) is 15.7. The van der Waals surface area contributed by atoms with Crippen LogP contribution < -0.4 is 25.2 Å². The molecule has 0 bridgehead atoms. The lowest BCUT2D eigenvalue weighted by Gasteiger charge is -2.13. The maximum atomic E-state index is 12.4. The van der Waals surface area contributed by atoms with E-state index in [1.54, 1.807) is 13.0 Å². The second-order valence-electron chi connectivity index (χ2n) is 5.32. The monoisotopic (exact) mass is 430 g/mol. The third kappa shape index (κ3) is 6.55. The topological polar surface area (TPSA) is 133 Å². The van der Waals surface area contributed by atoms with Gasteiger partial charge in [-0.3, -0.25) is 4.79 Å². The van der Waals surface area contributed by atoms with Gasteiger partial charge in [-0.2, -0.15) is 0 Å². The van der Waals surface area contributed by atoms with Gasteiger partial charge in [-0.15, -0.1) is 12.4 Å². The molecule has 2 rings (SSSR count). The molecule has 4 N–H and O–H groups in total. The molecule has 28 heavy (non-hydrogen) atoms. The number of ether oxygens (including phenoxy) is 2. The molecule has 0 fully saturated rings. The molecule has 0 spiro atoms. The van der Waals surface area contributed by atoms with Gasteiger partial charge in [-0.05, 0) is 38.1 Å². The van der Waals surface area contributed by atoms with Crippen LogP contribution in [0.3, 0.4) is 0 Å².